The predicted molar refractivity (Wildman–Crippen MR) is 87.9 cm³/mol. The lowest BCUT2D eigenvalue weighted by molar-refractivity contribution is 0.227. The zero-order chi connectivity index (χ0) is 14.7. The van der Waals surface area contributed by atoms with E-state index in [1.54, 1.807) is 0 Å². The van der Waals surface area contributed by atoms with Crippen LogP contribution in [0.3, 0.4) is 0 Å². The van der Waals surface area contributed by atoms with Gasteiger partial charge in [-0.2, -0.15) is 0 Å². The van der Waals surface area contributed by atoms with Crippen LogP contribution in [-0.4, -0.2) is 19.7 Å². The summed E-state index contributed by atoms with van der Waals surface area (Å²) in [6, 6.07) is 8.92. The minimum Gasteiger partial charge on any atom is -0.490 e. The van der Waals surface area contributed by atoms with E-state index in [-0.39, 0.29) is 0 Å². The van der Waals surface area contributed by atoms with Gasteiger partial charge in [-0.15, -0.1) is 0 Å². The molecule has 0 aliphatic heterocycles. The van der Waals surface area contributed by atoms with Crippen molar-refractivity contribution in [2.75, 3.05) is 13.6 Å². The molecule has 3 rings (SSSR count). The molecule has 2 fully saturated rings. The zero-order valence-corrected chi connectivity index (χ0v) is 13.5. The van der Waals surface area contributed by atoms with Gasteiger partial charge in [-0.25, -0.2) is 0 Å². The lowest BCUT2D eigenvalue weighted by atomic mass is 9.70. The van der Waals surface area contributed by atoms with E-state index in [2.05, 4.69) is 43.6 Å². The van der Waals surface area contributed by atoms with Gasteiger partial charge >= 0.3 is 0 Å². The first-order valence-electron chi connectivity index (χ1n) is 8.71. The van der Waals surface area contributed by atoms with E-state index in [1.165, 1.54) is 44.1 Å². The van der Waals surface area contributed by atoms with Crippen LogP contribution in [-0.2, 0) is 0 Å². The van der Waals surface area contributed by atoms with Gasteiger partial charge in [0.1, 0.15) is 5.75 Å². The third-order valence-electron chi connectivity index (χ3n) is 5.26. The molecule has 2 nitrogen and oxygen atoms in total. The SMILES string of the molecule is CCC1CCC(CNC)C(c2cccc(OC3CC3)c2)C1. The van der Waals surface area contributed by atoms with Crippen molar-refractivity contribution in [3.8, 4) is 5.75 Å². The van der Waals surface area contributed by atoms with E-state index in [4.69, 9.17) is 4.74 Å². The van der Waals surface area contributed by atoms with E-state index >= 15 is 0 Å². The number of hydrogen-bond donors (Lipinski definition) is 1. The van der Waals surface area contributed by atoms with Gasteiger partial charge in [0, 0.05) is 0 Å². The highest BCUT2D eigenvalue weighted by Crippen LogP contribution is 2.42. The molecule has 2 aliphatic carbocycles. The van der Waals surface area contributed by atoms with E-state index in [1.807, 2.05) is 0 Å². The van der Waals surface area contributed by atoms with Gasteiger partial charge in [-0.05, 0) is 74.7 Å². The maximum absolute atomic E-state index is 5.99. The van der Waals surface area contributed by atoms with Gasteiger partial charge in [0.15, 0.2) is 0 Å². The van der Waals surface area contributed by atoms with Crippen molar-refractivity contribution in [3.63, 3.8) is 0 Å². The van der Waals surface area contributed by atoms with Crippen LogP contribution < -0.4 is 10.1 Å². The Bertz CT molecular complexity index is 455. The van der Waals surface area contributed by atoms with E-state index in [0.29, 0.717) is 12.0 Å². The molecular weight excluding hydrogens is 258 g/mol. The Labute approximate surface area is 129 Å². The molecule has 3 atom stereocenters. The van der Waals surface area contributed by atoms with Crippen molar-refractivity contribution >= 4 is 0 Å². The maximum Gasteiger partial charge on any atom is 0.120 e. The molecule has 0 bridgehead atoms. The van der Waals surface area contributed by atoms with Crippen molar-refractivity contribution in [1.82, 2.24) is 5.32 Å². The molecule has 1 aromatic rings. The van der Waals surface area contributed by atoms with Crippen molar-refractivity contribution in [2.45, 2.75) is 57.5 Å². The third kappa shape index (κ3) is 3.79. The highest BCUT2D eigenvalue weighted by molar-refractivity contribution is 5.32. The molecule has 21 heavy (non-hydrogen) atoms. The summed E-state index contributed by atoms with van der Waals surface area (Å²) in [6.07, 6.45) is 8.37. The number of ether oxygens (including phenoxy) is 1. The molecule has 0 spiro atoms. The molecule has 2 saturated carbocycles. The summed E-state index contributed by atoms with van der Waals surface area (Å²) in [5.41, 5.74) is 1.49. The first-order valence-corrected chi connectivity index (χ1v) is 8.71. The average Bonchev–Trinajstić information content (AvgIpc) is 3.32. The summed E-state index contributed by atoms with van der Waals surface area (Å²) < 4.78 is 5.99. The normalized spacial score (nSPS) is 29.3. The summed E-state index contributed by atoms with van der Waals surface area (Å²) in [7, 11) is 2.08. The molecular formula is C19H29NO. The molecule has 0 heterocycles. The molecule has 116 valence electrons. The van der Waals surface area contributed by atoms with Crippen LogP contribution in [0.4, 0.5) is 0 Å². The maximum atomic E-state index is 5.99. The summed E-state index contributed by atoms with van der Waals surface area (Å²) >= 11 is 0. The van der Waals surface area contributed by atoms with Gasteiger partial charge < -0.3 is 10.1 Å². The smallest absolute Gasteiger partial charge is 0.120 e. The molecule has 3 unspecified atom stereocenters. The molecule has 1 N–H and O–H groups in total. The number of nitrogens with one attached hydrogen (secondary N) is 1. The van der Waals surface area contributed by atoms with Crippen molar-refractivity contribution < 1.29 is 4.74 Å². The summed E-state index contributed by atoms with van der Waals surface area (Å²) in [6.45, 7) is 3.47. The summed E-state index contributed by atoms with van der Waals surface area (Å²) in [5.74, 6) is 3.45. The van der Waals surface area contributed by atoms with Crippen LogP contribution in [0.25, 0.3) is 0 Å². The first kappa shape index (κ1) is 14.9. The standard InChI is InChI=1S/C19H29NO/c1-3-14-7-8-16(13-20-2)19(11-14)15-5-4-6-18(12-15)21-17-9-10-17/h4-6,12,14,16-17,19-20H,3,7-11,13H2,1-2H3. The Morgan fingerprint density at radius 2 is 2.05 bits per heavy atom. The fraction of sp³-hybridized carbons (Fsp3) is 0.684. The van der Waals surface area contributed by atoms with Gasteiger partial charge in [0.25, 0.3) is 0 Å². The van der Waals surface area contributed by atoms with Gasteiger partial charge in [0.2, 0.25) is 0 Å². The molecule has 0 amide bonds. The van der Waals surface area contributed by atoms with Crippen molar-refractivity contribution in [3.05, 3.63) is 29.8 Å². The Morgan fingerprint density at radius 3 is 2.76 bits per heavy atom. The van der Waals surface area contributed by atoms with Crippen LogP contribution in [0.2, 0.25) is 0 Å². The van der Waals surface area contributed by atoms with E-state index in [0.717, 1.165) is 24.1 Å². The molecule has 0 aromatic heterocycles. The number of rotatable bonds is 6. The lowest BCUT2D eigenvalue weighted by Crippen LogP contribution is -2.30. The second-order valence-corrected chi connectivity index (χ2v) is 6.90. The van der Waals surface area contributed by atoms with Gasteiger partial charge in [-0.1, -0.05) is 31.9 Å². The number of benzene rings is 1. The Balaban J connectivity index is 1.76. The highest BCUT2D eigenvalue weighted by atomic mass is 16.5. The van der Waals surface area contributed by atoms with Crippen LogP contribution in [0, 0.1) is 11.8 Å². The second-order valence-electron chi connectivity index (χ2n) is 6.90. The minimum atomic E-state index is 0.489. The van der Waals surface area contributed by atoms with Crippen LogP contribution >= 0.6 is 0 Å². The molecule has 1 aromatic carbocycles. The minimum absolute atomic E-state index is 0.489. The highest BCUT2D eigenvalue weighted by Gasteiger charge is 2.31. The topological polar surface area (TPSA) is 21.3 Å². The monoisotopic (exact) mass is 287 g/mol. The number of hydrogen-bond acceptors (Lipinski definition) is 2. The van der Waals surface area contributed by atoms with Gasteiger partial charge in [0.05, 0.1) is 6.10 Å². The fourth-order valence-electron chi connectivity index (χ4n) is 3.80. The largest absolute Gasteiger partial charge is 0.490 e. The predicted octanol–water partition coefficient (Wildman–Crippen LogP) is 4.36. The van der Waals surface area contributed by atoms with Gasteiger partial charge in [-0.3, -0.25) is 0 Å². The van der Waals surface area contributed by atoms with E-state index in [9.17, 15) is 0 Å². The second kappa shape index (κ2) is 6.83. The van der Waals surface area contributed by atoms with Crippen molar-refractivity contribution in [1.29, 1.82) is 0 Å². The van der Waals surface area contributed by atoms with Crippen LogP contribution in [0.15, 0.2) is 24.3 Å². The zero-order valence-electron chi connectivity index (χ0n) is 13.5. The quantitative estimate of drug-likeness (QED) is 0.839. The average molecular weight is 287 g/mol. The van der Waals surface area contributed by atoms with Crippen molar-refractivity contribution in [2.24, 2.45) is 11.8 Å². The molecule has 2 heteroatoms. The molecule has 0 radical (unpaired) electrons. The van der Waals surface area contributed by atoms with E-state index < -0.39 is 0 Å². The lowest BCUT2D eigenvalue weighted by Gasteiger charge is -2.36. The Hall–Kier alpha value is -1.02. The molecule has 0 saturated heterocycles. The Kier molecular flexibility index (Phi) is 4.84. The van der Waals surface area contributed by atoms with Crippen LogP contribution in [0.5, 0.6) is 5.75 Å². The summed E-state index contributed by atoms with van der Waals surface area (Å²) in [4.78, 5) is 0. The molecule has 2 aliphatic rings. The fourth-order valence-corrected chi connectivity index (χ4v) is 3.80. The Morgan fingerprint density at radius 1 is 1.19 bits per heavy atom. The third-order valence-corrected chi connectivity index (χ3v) is 5.26. The first-order chi connectivity index (χ1) is 10.3. The van der Waals surface area contributed by atoms with Crippen LogP contribution in [0.1, 0.15) is 56.9 Å². The summed E-state index contributed by atoms with van der Waals surface area (Å²) in [5, 5.41) is 3.40.